The maximum absolute atomic E-state index is 11.2. The van der Waals surface area contributed by atoms with Crippen LogP contribution in [0, 0.1) is 0 Å². The van der Waals surface area contributed by atoms with Crippen molar-refractivity contribution in [3.05, 3.63) is 22.7 Å². The summed E-state index contributed by atoms with van der Waals surface area (Å²) in [4.78, 5) is 10.3. The lowest BCUT2D eigenvalue weighted by molar-refractivity contribution is 0.0696. The molecule has 0 aromatic heterocycles. The second-order valence-corrected chi connectivity index (χ2v) is 4.84. The van der Waals surface area contributed by atoms with Gasteiger partial charge in [0.25, 0.3) is 0 Å². The maximum Gasteiger partial charge on any atom is 0.335 e. The van der Waals surface area contributed by atoms with E-state index in [0.717, 1.165) is 6.07 Å². The minimum absolute atomic E-state index is 0.130. The monoisotopic (exact) mass is 264 g/mol. The Bertz CT molecular complexity index is 541. The van der Waals surface area contributed by atoms with Gasteiger partial charge in [-0.1, -0.05) is 11.6 Å². The van der Waals surface area contributed by atoms with E-state index in [0.29, 0.717) is 0 Å². The van der Waals surface area contributed by atoms with E-state index in [4.69, 9.17) is 21.8 Å². The molecule has 0 fully saturated rings. The molecule has 0 aliphatic carbocycles. The van der Waals surface area contributed by atoms with Gasteiger partial charge in [-0.25, -0.2) is 18.4 Å². The number of primary sulfonamides is 1. The minimum Gasteiger partial charge on any atom is -0.478 e. The lowest BCUT2D eigenvalue weighted by Crippen LogP contribution is -2.14. The molecule has 8 heteroatoms. The van der Waals surface area contributed by atoms with Gasteiger partial charge in [-0.05, 0) is 12.1 Å². The fraction of sp³-hybridized carbons (Fsp3) is 0.125. The number of rotatable bonds is 3. The van der Waals surface area contributed by atoms with Gasteiger partial charge in [0.15, 0.2) is 0 Å². The molecule has 16 heavy (non-hydrogen) atoms. The molecule has 0 atom stereocenters. The number of carbonyl (C=O) groups is 1. The molecule has 0 saturated carbocycles. The highest BCUT2D eigenvalue weighted by atomic mass is 35.5. The number of hydrogen-bond acceptors (Lipinski definition) is 4. The summed E-state index contributed by atoms with van der Waals surface area (Å²) in [5.41, 5.74) is -0.0247. The second kappa shape index (κ2) is 4.28. The minimum atomic E-state index is -4.06. The van der Waals surface area contributed by atoms with Crippen LogP contribution in [0.1, 0.15) is 10.4 Å². The number of aromatic carboxylic acids is 1. The quantitative estimate of drug-likeness (QED) is 0.745. The van der Waals surface area contributed by atoms with E-state index < -0.39 is 20.9 Å². The van der Waals surface area contributed by atoms with Gasteiger partial charge in [-0.15, -0.1) is 0 Å². The third-order valence-electron chi connectivity index (χ3n) is 1.86. The average molecular weight is 265 g/mol. The summed E-state index contributed by atoms with van der Waals surface area (Å²) >= 11 is 5.76. The third kappa shape index (κ3) is 2.43. The lowest BCUT2D eigenvalue weighted by Gasteiger charge is -2.09. The Labute approximate surface area is 97.1 Å². The SMILES string of the molecule is CNc1cc(C(=O)O)cc(S(N)(=O)=O)c1Cl. The molecule has 0 bridgehead atoms. The zero-order valence-electron chi connectivity index (χ0n) is 8.19. The van der Waals surface area contributed by atoms with Gasteiger partial charge in [0.05, 0.1) is 16.3 Å². The highest BCUT2D eigenvalue weighted by Crippen LogP contribution is 2.30. The number of hydrogen-bond donors (Lipinski definition) is 3. The number of anilines is 1. The molecule has 0 aliphatic rings. The summed E-state index contributed by atoms with van der Waals surface area (Å²) in [5, 5.41) is 16.2. The van der Waals surface area contributed by atoms with E-state index in [9.17, 15) is 13.2 Å². The Morgan fingerprint density at radius 2 is 2.06 bits per heavy atom. The van der Waals surface area contributed by atoms with Crippen LogP contribution in [0.3, 0.4) is 0 Å². The topological polar surface area (TPSA) is 109 Å². The molecule has 0 saturated heterocycles. The Balaban J connectivity index is 3.61. The van der Waals surface area contributed by atoms with Crippen molar-refractivity contribution in [3.8, 4) is 0 Å². The standard InChI is InChI=1S/C8H9ClN2O4S/c1-11-5-2-4(8(12)13)3-6(7(5)9)16(10,14)15/h2-3,11H,1H3,(H,12,13)(H2,10,14,15). The van der Waals surface area contributed by atoms with Crippen LogP contribution in [0.15, 0.2) is 17.0 Å². The summed E-state index contributed by atoms with van der Waals surface area (Å²) in [6, 6.07) is 2.14. The van der Waals surface area contributed by atoms with Crippen LogP contribution in [0.5, 0.6) is 0 Å². The first-order valence-electron chi connectivity index (χ1n) is 4.04. The largest absolute Gasteiger partial charge is 0.478 e. The van der Waals surface area contributed by atoms with Gasteiger partial charge in [0.1, 0.15) is 4.90 Å². The van der Waals surface area contributed by atoms with Crippen LogP contribution in [0.25, 0.3) is 0 Å². The van der Waals surface area contributed by atoms with Crippen LogP contribution < -0.4 is 10.5 Å². The molecule has 0 radical (unpaired) electrons. The van der Waals surface area contributed by atoms with E-state index in [1.165, 1.54) is 13.1 Å². The van der Waals surface area contributed by atoms with Crippen molar-refractivity contribution >= 4 is 33.3 Å². The maximum atomic E-state index is 11.2. The van der Waals surface area contributed by atoms with E-state index in [2.05, 4.69) is 5.32 Å². The van der Waals surface area contributed by atoms with E-state index in [1.54, 1.807) is 0 Å². The molecule has 0 aliphatic heterocycles. The van der Waals surface area contributed by atoms with Crippen LogP contribution in [-0.2, 0) is 10.0 Å². The summed E-state index contributed by atoms with van der Waals surface area (Å²) in [5.74, 6) is -1.27. The molecule has 0 spiro atoms. The predicted molar refractivity (Wildman–Crippen MR) is 59.3 cm³/mol. The van der Waals surface area contributed by atoms with Crippen LogP contribution in [0.4, 0.5) is 5.69 Å². The molecule has 1 aromatic rings. The number of benzene rings is 1. The highest BCUT2D eigenvalue weighted by molar-refractivity contribution is 7.89. The van der Waals surface area contributed by atoms with Crippen molar-refractivity contribution < 1.29 is 18.3 Å². The summed E-state index contributed by atoms with van der Waals surface area (Å²) in [6.07, 6.45) is 0. The van der Waals surface area contributed by atoms with E-state index in [1.807, 2.05) is 0 Å². The Kier molecular flexibility index (Phi) is 3.41. The molecule has 6 nitrogen and oxygen atoms in total. The first kappa shape index (κ1) is 12.8. The van der Waals surface area contributed by atoms with Gasteiger partial charge >= 0.3 is 5.97 Å². The molecule has 0 unspecified atom stereocenters. The van der Waals surface area contributed by atoms with Gasteiger partial charge in [-0.3, -0.25) is 0 Å². The summed E-state index contributed by atoms with van der Waals surface area (Å²) in [6.45, 7) is 0. The average Bonchev–Trinajstić information content (AvgIpc) is 2.15. The number of carboxylic acids is 1. The zero-order valence-corrected chi connectivity index (χ0v) is 9.76. The van der Waals surface area contributed by atoms with E-state index in [-0.39, 0.29) is 16.3 Å². The first-order chi connectivity index (χ1) is 7.27. The molecule has 1 aromatic carbocycles. The smallest absolute Gasteiger partial charge is 0.335 e. The number of nitrogens with two attached hydrogens (primary N) is 1. The van der Waals surface area contributed by atoms with Crippen LogP contribution >= 0.6 is 11.6 Å². The number of carboxylic acid groups (broad SMARTS) is 1. The first-order valence-corrected chi connectivity index (χ1v) is 5.97. The summed E-state index contributed by atoms with van der Waals surface area (Å²) in [7, 11) is -2.57. The van der Waals surface area contributed by atoms with Crippen LogP contribution in [0.2, 0.25) is 5.02 Å². The predicted octanol–water partition coefficient (Wildman–Crippen LogP) is 0.727. The van der Waals surface area contributed by atoms with Crippen molar-refractivity contribution in [2.45, 2.75) is 4.90 Å². The van der Waals surface area contributed by atoms with Gasteiger partial charge in [-0.2, -0.15) is 0 Å². The fourth-order valence-electron chi connectivity index (χ4n) is 1.11. The van der Waals surface area contributed by atoms with Crippen molar-refractivity contribution in [1.29, 1.82) is 0 Å². The Morgan fingerprint density at radius 1 is 1.50 bits per heavy atom. The fourth-order valence-corrected chi connectivity index (χ4v) is 2.29. The third-order valence-corrected chi connectivity index (χ3v) is 3.32. The Morgan fingerprint density at radius 3 is 2.44 bits per heavy atom. The second-order valence-electron chi connectivity index (χ2n) is 2.94. The number of nitrogens with one attached hydrogen (secondary N) is 1. The lowest BCUT2D eigenvalue weighted by atomic mass is 10.2. The zero-order chi connectivity index (χ0) is 12.5. The van der Waals surface area contributed by atoms with Crippen LogP contribution in [-0.4, -0.2) is 26.5 Å². The summed E-state index contributed by atoms with van der Waals surface area (Å²) < 4.78 is 22.3. The molecule has 0 heterocycles. The number of sulfonamides is 1. The number of halogens is 1. The van der Waals surface area contributed by atoms with E-state index >= 15 is 0 Å². The van der Waals surface area contributed by atoms with Crippen molar-refractivity contribution in [2.24, 2.45) is 5.14 Å². The molecule has 1 rings (SSSR count). The van der Waals surface area contributed by atoms with Crippen molar-refractivity contribution in [2.75, 3.05) is 12.4 Å². The molecule has 88 valence electrons. The molecular weight excluding hydrogens is 256 g/mol. The normalized spacial score (nSPS) is 11.2. The van der Waals surface area contributed by atoms with Gasteiger partial charge < -0.3 is 10.4 Å². The van der Waals surface area contributed by atoms with Gasteiger partial charge in [0.2, 0.25) is 10.0 Å². The highest BCUT2D eigenvalue weighted by Gasteiger charge is 2.19. The molecule has 0 amide bonds. The molecule has 4 N–H and O–H groups in total. The van der Waals surface area contributed by atoms with Gasteiger partial charge in [0, 0.05) is 7.05 Å². The van der Waals surface area contributed by atoms with Crippen molar-refractivity contribution in [3.63, 3.8) is 0 Å². The van der Waals surface area contributed by atoms with Crippen molar-refractivity contribution in [1.82, 2.24) is 0 Å². The molecular formula is C8H9ClN2O4S. The Hall–Kier alpha value is -1.31.